The van der Waals surface area contributed by atoms with Crippen molar-refractivity contribution in [2.24, 2.45) is 0 Å². The molecule has 1 aliphatic carbocycles. The van der Waals surface area contributed by atoms with Gasteiger partial charge in [-0.2, -0.15) is 0 Å². The molecule has 1 saturated carbocycles. The summed E-state index contributed by atoms with van der Waals surface area (Å²) in [6, 6.07) is 7.23. The van der Waals surface area contributed by atoms with Crippen molar-refractivity contribution in [2.75, 3.05) is 20.3 Å². The van der Waals surface area contributed by atoms with Crippen LogP contribution in [0.5, 0.6) is 0 Å². The van der Waals surface area contributed by atoms with Gasteiger partial charge >= 0.3 is 0 Å². The first-order chi connectivity index (χ1) is 9.19. The summed E-state index contributed by atoms with van der Waals surface area (Å²) in [5.74, 6) is -0.225. The fraction of sp³-hybridized carbons (Fsp3) is 0.600. The average Bonchev–Trinajstić information content (AvgIpc) is 3.18. The van der Waals surface area contributed by atoms with Crippen molar-refractivity contribution >= 4 is 0 Å². The highest BCUT2D eigenvalue weighted by atomic mass is 19.1. The Morgan fingerprint density at radius 3 is 2.84 bits per heavy atom. The van der Waals surface area contributed by atoms with Crippen molar-refractivity contribution in [3.05, 3.63) is 35.6 Å². The Bertz CT molecular complexity index is 395. The van der Waals surface area contributed by atoms with E-state index < -0.39 is 0 Å². The van der Waals surface area contributed by atoms with E-state index in [1.165, 1.54) is 18.9 Å². The third-order valence-corrected chi connectivity index (χ3v) is 3.19. The Morgan fingerprint density at radius 2 is 2.21 bits per heavy atom. The molecule has 0 aliphatic heterocycles. The molecule has 106 valence electrons. The number of ether oxygens (including phenoxy) is 2. The van der Waals surface area contributed by atoms with Crippen LogP contribution < -0.4 is 5.32 Å². The Kier molecular flexibility index (Phi) is 5.31. The summed E-state index contributed by atoms with van der Waals surface area (Å²) in [7, 11) is 1.65. The number of nitrogens with one attached hydrogen (secondary N) is 1. The number of methoxy groups -OCH3 is 1. The summed E-state index contributed by atoms with van der Waals surface area (Å²) < 4.78 is 24.4. The Balaban J connectivity index is 1.99. The molecule has 1 aromatic rings. The molecule has 2 unspecified atom stereocenters. The lowest BCUT2D eigenvalue weighted by atomic mass is 10.1. The number of hydrogen-bond donors (Lipinski definition) is 1. The van der Waals surface area contributed by atoms with Crippen LogP contribution in [0.15, 0.2) is 24.3 Å². The fourth-order valence-corrected chi connectivity index (χ4v) is 2.07. The molecule has 19 heavy (non-hydrogen) atoms. The standard InChI is InChI=1S/C15H22FNO2/c1-11(10-18-2)19-15(9-17-14-6-7-14)12-4-3-5-13(16)8-12/h3-5,8,11,14-15,17H,6-7,9-10H2,1-2H3. The molecule has 4 heteroatoms. The summed E-state index contributed by atoms with van der Waals surface area (Å²) in [4.78, 5) is 0. The maximum Gasteiger partial charge on any atom is 0.123 e. The van der Waals surface area contributed by atoms with Gasteiger partial charge in [0, 0.05) is 19.7 Å². The third kappa shape index (κ3) is 4.90. The summed E-state index contributed by atoms with van der Waals surface area (Å²) in [5, 5.41) is 3.43. The van der Waals surface area contributed by atoms with E-state index in [0.717, 1.165) is 5.56 Å². The summed E-state index contributed by atoms with van der Waals surface area (Å²) in [5.41, 5.74) is 0.871. The zero-order chi connectivity index (χ0) is 13.7. The third-order valence-electron chi connectivity index (χ3n) is 3.19. The molecule has 0 aromatic heterocycles. The summed E-state index contributed by atoms with van der Waals surface area (Å²) >= 11 is 0. The van der Waals surface area contributed by atoms with Crippen LogP contribution in [0.2, 0.25) is 0 Å². The molecule has 1 fully saturated rings. The second kappa shape index (κ2) is 6.98. The van der Waals surface area contributed by atoms with Gasteiger partial charge in [-0.25, -0.2) is 4.39 Å². The van der Waals surface area contributed by atoms with Gasteiger partial charge in [-0.05, 0) is 37.5 Å². The first-order valence-electron chi connectivity index (χ1n) is 6.82. The van der Waals surface area contributed by atoms with Gasteiger partial charge in [0.2, 0.25) is 0 Å². The van der Waals surface area contributed by atoms with Crippen LogP contribution in [0.1, 0.15) is 31.4 Å². The van der Waals surface area contributed by atoms with Crippen LogP contribution in [0.25, 0.3) is 0 Å². The predicted octanol–water partition coefficient (Wildman–Crippen LogP) is 2.67. The smallest absolute Gasteiger partial charge is 0.123 e. The van der Waals surface area contributed by atoms with Gasteiger partial charge in [0.25, 0.3) is 0 Å². The molecule has 0 spiro atoms. The monoisotopic (exact) mass is 267 g/mol. The van der Waals surface area contributed by atoms with Crippen molar-refractivity contribution in [3.63, 3.8) is 0 Å². The van der Waals surface area contributed by atoms with Crippen molar-refractivity contribution in [1.82, 2.24) is 5.32 Å². The normalized spacial score (nSPS) is 18.3. The Labute approximate surface area is 114 Å². The molecule has 3 nitrogen and oxygen atoms in total. The number of halogens is 1. The highest BCUT2D eigenvalue weighted by molar-refractivity contribution is 5.19. The predicted molar refractivity (Wildman–Crippen MR) is 72.6 cm³/mol. The van der Waals surface area contributed by atoms with Gasteiger partial charge in [0.15, 0.2) is 0 Å². The maximum absolute atomic E-state index is 13.3. The molecular formula is C15H22FNO2. The molecule has 2 atom stereocenters. The number of benzene rings is 1. The van der Waals surface area contributed by atoms with Crippen LogP contribution in [-0.2, 0) is 9.47 Å². The van der Waals surface area contributed by atoms with Gasteiger partial charge in [-0.15, -0.1) is 0 Å². The van der Waals surface area contributed by atoms with E-state index in [1.807, 2.05) is 13.0 Å². The largest absolute Gasteiger partial charge is 0.382 e. The van der Waals surface area contributed by atoms with E-state index in [9.17, 15) is 4.39 Å². The number of rotatable bonds is 8. The van der Waals surface area contributed by atoms with Gasteiger partial charge in [0.1, 0.15) is 5.82 Å². The quantitative estimate of drug-likeness (QED) is 0.785. The lowest BCUT2D eigenvalue weighted by Gasteiger charge is -2.23. The Hall–Kier alpha value is -0.970. The van der Waals surface area contributed by atoms with E-state index in [0.29, 0.717) is 19.2 Å². The molecule has 0 heterocycles. The van der Waals surface area contributed by atoms with Crippen LogP contribution >= 0.6 is 0 Å². The van der Waals surface area contributed by atoms with E-state index >= 15 is 0 Å². The minimum absolute atomic E-state index is 0.0146. The molecule has 2 rings (SSSR count). The molecule has 0 amide bonds. The maximum atomic E-state index is 13.3. The summed E-state index contributed by atoms with van der Waals surface area (Å²) in [6.45, 7) is 3.21. The minimum atomic E-state index is -0.225. The fourth-order valence-electron chi connectivity index (χ4n) is 2.07. The first-order valence-corrected chi connectivity index (χ1v) is 6.82. The van der Waals surface area contributed by atoms with Crippen LogP contribution in [0, 0.1) is 5.82 Å². The minimum Gasteiger partial charge on any atom is -0.382 e. The van der Waals surface area contributed by atoms with E-state index in [2.05, 4.69) is 5.32 Å². The second-order valence-corrected chi connectivity index (χ2v) is 5.13. The van der Waals surface area contributed by atoms with Crippen LogP contribution in [0.4, 0.5) is 4.39 Å². The highest BCUT2D eigenvalue weighted by Gasteiger charge is 2.23. The highest BCUT2D eigenvalue weighted by Crippen LogP contribution is 2.23. The molecule has 1 aliphatic rings. The first kappa shape index (κ1) is 14.4. The van der Waals surface area contributed by atoms with Crippen molar-refractivity contribution < 1.29 is 13.9 Å². The topological polar surface area (TPSA) is 30.5 Å². The van der Waals surface area contributed by atoms with Crippen LogP contribution in [0.3, 0.4) is 0 Å². The molecule has 0 bridgehead atoms. The van der Waals surface area contributed by atoms with E-state index in [1.54, 1.807) is 19.2 Å². The van der Waals surface area contributed by atoms with Gasteiger partial charge < -0.3 is 14.8 Å². The molecule has 0 saturated heterocycles. The van der Waals surface area contributed by atoms with E-state index in [4.69, 9.17) is 9.47 Å². The van der Waals surface area contributed by atoms with Crippen molar-refractivity contribution in [3.8, 4) is 0 Å². The molecule has 1 aromatic carbocycles. The average molecular weight is 267 g/mol. The Morgan fingerprint density at radius 1 is 1.42 bits per heavy atom. The SMILES string of the molecule is COCC(C)OC(CNC1CC1)c1cccc(F)c1. The second-order valence-electron chi connectivity index (χ2n) is 5.13. The zero-order valence-corrected chi connectivity index (χ0v) is 11.6. The van der Waals surface area contributed by atoms with Gasteiger partial charge in [-0.1, -0.05) is 12.1 Å². The zero-order valence-electron chi connectivity index (χ0n) is 11.6. The summed E-state index contributed by atoms with van der Waals surface area (Å²) in [6.07, 6.45) is 2.30. The lowest BCUT2D eigenvalue weighted by Crippen LogP contribution is -2.28. The molecule has 1 N–H and O–H groups in total. The van der Waals surface area contributed by atoms with Gasteiger partial charge in [-0.3, -0.25) is 0 Å². The van der Waals surface area contributed by atoms with Crippen molar-refractivity contribution in [1.29, 1.82) is 0 Å². The lowest BCUT2D eigenvalue weighted by molar-refractivity contribution is -0.0395. The van der Waals surface area contributed by atoms with Gasteiger partial charge in [0.05, 0.1) is 18.8 Å². The number of hydrogen-bond acceptors (Lipinski definition) is 3. The molecule has 0 radical (unpaired) electrons. The molecular weight excluding hydrogens is 245 g/mol. The van der Waals surface area contributed by atoms with Crippen LogP contribution in [-0.4, -0.2) is 32.4 Å². The van der Waals surface area contributed by atoms with E-state index in [-0.39, 0.29) is 18.0 Å². The van der Waals surface area contributed by atoms with Crippen molar-refractivity contribution in [2.45, 2.75) is 38.0 Å².